The number of carbonyl (C=O) groups is 1. The zero-order valence-corrected chi connectivity index (χ0v) is 7.58. The van der Waals surface area contributed by atoms with Crippen molar-refractivity contribution in [2.75, 3.05) is 0 Å². The van der Waals surface area contributed by atoms with Crippen LogP contribution in [0.5, 0.6) is 0 Å². The third-order valence-corrected chi connectivity index (χ3v) is 1.93. The number of nitrogens with zero attached hydrogens (tertiary/aromatic N) is 2. The van der Waals surface area contributed by atoms with Crippen molar-refractivity contribution in [3.63, 3.8) is 0 Å². The van der Waals surface area contributed by atoms with Crippen molar-refractivity contribution in [3.8, 4) is 6.07 Å². The Hall–Kier alpha value is -1.86. The molecule has 0 amide bonds. The number of rotatable bonds is 1. The summed E-state index contributed by atoms with van der Waals surface area (Å²) in [5.41, 5.74) is 0.926. The summed E-state index contributed by atoms with van der Waals surface area (Å²) < 4.78 is 5.03. The smallest absolute Gasteiger partial charge is 0.301 e. The van der Waals surface area contributed by atoms with Gasteiger partial charge in [0.25, 0.3) is 5.24 Å². The molecule has 1 aromatic heterocycles. The van der Waals surface area contributed by atoms with E-state index in [9.17, 15) is 4.79 Å². The first-order valence-corrected chi connectivity index (χ1v) is 4.09. The fraction of sp³-hybridized carbons (Fsp3) is 0. The summed E-state index contributed by atoms with van der Waals surface area (Å²) in [5.74, 6) is -0.0784. The molecule has 0 aliphatic heterocycles. The van der Waals surface area contributed by atoms with E-state index in [2.05, 4.69) is 4.98 Å². The van der Waals surface area contributed by atoms with Crippen LogP contribution in [0.2, 0.25) is 0 Å². The lowest BCUT2D eigenvalue weighted by atomic mass is 10.2. The number of hydrogen-bond acceptors (Lipinski definition) is 4. The molecule has 0 saturated carbocycles. The molecule has 68 valence electrons. The maximum Gasteiger partial charge on any atom is 0.301 e. The molecule has 14 heavy (non-hydrogen) atoms. The van der Waals surface area contributed by atoms with Crippen molar-refractivity contribution in [1.29, 1.82) is 5.26 Å². The van der Waals surface area contributed by atoms with Crippen molar-refractivity contribution in [1.82, 2.24) is 4.98 Å². The highest BCUT2D eigenvalue weighted by molar-refractivity contribution is 6.68. The van der Waals surface area contributed by atoms with Crippen LogP contribution < -0.4 is 0 Å². The van der Waals surface area contributed by atoms with Crippen LogP contribution in [0.4, 0.5) is 0 Å². The molecule has 1 aromatic carbocycles. The lowest BCUT2D eigenvalue weighted by Crippen LogP contribution is -1.87. The van der Waals surface area contributed by atoms with Gasteiger partial charge in [-0.1, -0.05) is 6.07 Å². The number of carbonyl (C=O) groups excluding carboxylic acids is 1. The number of halogens is 1. The van der Waals surface area contributed by atoms with Crippen molar-refractivity contribution >= 4 is 27.9 Å². The van der Waals surface area contributed by atoms with Crippen molar-refractivity contribution in [2.24, 2.45) is 0 Å². The van der Waals surface area contributed by atoms with Gasteiger partial charge in [0, 0.05) is 0 Å². The monoisotopic (exact) mass is 206 g/mol. The predicted octanol–water partition coefficient (Wildman–Crippen LogP) is 2.08. The molecule has 0 aliphatic carbocycles. The first-order chi connectivity index (χ1) is 6.72. The minimum atomic E-state index is -0.628. The summed E-state index contributed by atoms with van der Waals surface area (Å²) in [6.07, 6.45) is 0. The molecule has 0 spiro atoms. The summed E-state index contributed by atoms with van der Waals surface area (Å²) in [6, 6.07) is 6.54. The van der Waals surface area contributed by atoms with Crippen LogP contribution in [-0.2, 0) is 0 Å². The van der Waals surface area contributed by atoms with E-state index in [1.54, 1.807) is 18.2 Å². The second-order valence-electron chi connectivity index (χ2n) is 2.56. The Morgan fingerprint density at radius 2 is 2.36 bits per heavy atom. The number of benzene rings is 1. The van der Waals surface area contributed by atoms with Gasteiger partial charge in [-0.3, -0.25) is 4.79 Å². The molecule has 2 aromatic rings. The third-order valence-electron chi connectivity index (χ3n) is 1.72. The Morgan fingerprint density at radius 1 is 1.57 bits per heavy atom. The highest BCUT2D eigenvalue weighted by Gasteiger charge is 2.13. The molecule has 4 nitrogen and oxygen atoms in total. The fourth-order valence-electron chi connectivity index (χ4n) is 1.15. The van der Waals surface area contributed by atoms with E-state index >= 15 is 0 Å². The second kappa shape index (κ2) is 3.13. The molecule has 1 heterocycles. The molecule has 5 heteroatoms. The number of para-hydroxylation sites is 1. The fourth-order valence-corrected chi connectivity index (χ4v) is 1.30. The quantitative estimate of drug-likeness (QED) is 0.670. The molecule has 0 atom stereocenters. The zero-order valence-electron chi connectivity index (χ0n) is 6.82. The summed E-state index contributed by atoms with van der Waals surface area (Å²) in [7, 11) is 0. The average Bonchev–Trinajstić information content (AvgIpc) is 2.59. The van der Waals surface area contributed by atoms with Crippen molar-refractivity contribution in [3.05, 3.63) is 29.7 Å². The molecular weight excluding hydrogens is 204 g/mol. The summed E-state index contributed by atoms with van der Waals surface area (Å²) in [5, 5.41) is 7.92. The Morgan fingerprint density at radius 3 is 3.00 bits per heavy atom. The van der Waals surface area contributed by atoms with Crippen LogP contribution in [-0.4, -0.2) is 10.2 Å². The van der Waals surface area contributed by atoms with Gasteiger partial charge in [-0.25, -0.2) is 0 Å². The Labute approximate surface area is 83.7 Å². The van der Waals surface area contributed by atoms with Crippen LogP contribution in [0.1, 0.15) is 16.2 Å². The zero-order chi connectivity index (χ0) is 10.1. The predicted molar refractivity (Wildman–Crippen MR) is 48.9 cm³/mol. The summed E-state index contributed by atoms with van der Waals surface area (Å²) >= 11 is 5.33. The summed E-state index contributed by atoms with van der Waals surface area (Å²) in [4.78, 5) is 14.8. The Kier molecular flexibility index (Phi) is 1.95. The van der Waals surface area contributed by atoms with Crippen molar-refractivity contribution < 1.29 is 9.21 Å². The first-order valence-electron chi connectivity index (χ1n) is 3.72. The van der Waals surface area contributed by atoms with Gasteiger partial charge in [0.1, 0.15) is 5.52 Å². The van der Waals surface area contributed by atoms with E-state index in [4.69, 9.17) is 21.3 Å². The van der Waals surface area contributed by atoms with E-state index in [-0.39, 0.29) is 17.0 Å². The largest absolute Gasteiger partial charge is 0.428 e. The number of fused-ring (bicyclic) bond motifs is 1. The van der Waals surface area contributed by atoms with Crippen LogP contribution >= 0.6 is 11.6 Å². The standard InChI is InChI=1S/C9H3ClN2O2/c10-9(13)5-2-1-3-6-8(5)14-7(4-11)12-6/h1-3H. The number of aromatic nitrogens is 1. The van der Waals surface area contributed by atoms with Gasteiger partial charge < -0.3 is 4.42 Å². The minimum Gasteiger partial charge on any atom is -0.428 e. The minimum absolute atomic E-state index is 0.0784. The van der Waals surface area contributed by atoms with E-state index < -0.39 is 5.24 Å². The SMILES string of the molecule is N#Cc1nc2cccc(C(=O)Cl)c2o1. The van der Waals surface area contributed by atoms with Gasteiger partial charge in [-0.15, -0.1) is 0 Å². The maximum atomic E-state index is 11.0. The van der Waals surface area contributed by atoms with Gasteiger partial charge in [0.2, 0.25) is 0 Å². The van der Waals surface area contributed by atoms with E-state index in [1.165, 1.54) is 6.07 Å². The van der Waals surface area contributed by atoms with Crippen molar-refractivity contribution in [2.45, 2.75) is 0 Å². The van der Waals surface area contributed by atoms with E-state index in [0.29, 0.717) is 5.52 Å². The first kappa shape index (κ1) is 8.73. The molecule has 0 unspecified atom stereocenters. The second-order valence-corrected chi connectivity index (χ2v) is 2.90. The number of oxazole rings is 1. The molecular formula is C9H3ClN2O2. The van der Waals surface area contributed by atoms with Gasteiger partial charge in [0.15, 0.2) is 11.7 Å². The van der Waals surface area contributed by atoms with Gasteiger partial charge in [-0.05, 0) is 23.7 Å². The van der Waals surface area contributed by atoms with Gasteiger partial charge in [-0.2, -0.15) is 10.2 Å². The number of hydrogen-bond donors (Lipinski definition) is 0. The highest BCUT2D eigenvalue weighted by Crippen LogP contribution is 2.20. The topological polar surface area (TPSA) is 66.9 Å². The molecule has 0 radical (unpaired) electrons. The van der Waals surface area contributed by atoms with Crippen LogP contribution in [0.25, 0.3) is 11.1 Å². The van der Waals surface area contributed by atoms with Gasteiger partial charge in [0.05, 0.1) is 5.56 Å². The normalized spacial score (nSPS) is 10.0. The van der Waals surface area contributed by atoms with Crippen LogP contribution in [0.15, 0.2) is 22.6 Å². The van der Waals surface area contributed by atoms with E-state index in [0.717, 1.165) is 0 Å². The molecule has 0 aliphatic rings. The van der Waals surface area contributed by atoms with Gasteiger partial charge >= 0.3 is 5.89 Å². The Balaban J connectivity index is 2.81. The Bertz CT molecular complexity index is 553. The molecule has 2 rings (SSSR count). The molecule has 0 saturated heterocycles. The maximum absolute atomic E-state index is 11.0. The molecule has 0 bridgehead atoms. The van der Waals surface area contributed by atoms with E-state index in [1.807, 2.05) is 0 Å². The number of nitriles is 1. The summed E-state index contributed by atoms with van der Waals surface area (Å²) in [6.45, 7) is 0. The molecule has 0 N–H and O–H groups in total. The lowest BCUT2D eigenvalue weighted by molar-refractivity contribution is 0.108. The van der Waals surface area contributed by atoms with Crippen LogP contribution in [0.3, 0.4) is 0 Å². The third kappa shape index (κ3) is 1.24. The lowest BCUT2D eigenvalue weighted by Gasteiger charge is -1.91. The average molecular weight is 207 g/mol. The van der Waals surface area contributed by atoms with Crippen LogP contribution in [0, 0.1) is 11.3 Å². The molecule has 0 fully saturated rings. The highest BCUT2D eigenvalue weighted by atomic mass is 35.5.